The number of rotatable bonds is 10. The maximum Gasteiger partial charge on any atom is 0.234 e. The summed E-state index contributed by atoms with van der Waals surface area (Å²) in [6.07, 6.45) is 4.46. The Balaban J connectivity index is 2.24. The van der Waals surface area contributed by atoms with Crippen LogP contribution < -0.4 is 10.6 Å². The molecule has 1 atom stereocenters. The van der Waals surface area contributed by atoms with Crippen LogP contribution in [0.25, 0.3) is 0 Å². The van der Waals surface area contributed by atoms with Gasteiger partial charge >= 0.3 is 0 Å². The lowest BCUT2D eigenvalue weighted by Gasteiger charge is -2.32. The van der Waals surface area contributed by atoms with Gasteiger partial charge in [0, 0.05) is 26.2 Å². The van der Waals surface area contributed by atoms with Gasteiger partial charge in [-0.1, -0.05) is 13.8 Å². The third-order valence-corrected chi connectivity index (χ3v) is 4.24. The molecule has 1 aliphatic heterocycles. The molecule has 2 N–H and O–H groups in total. The summed E-state index contributed by atoms with van der Waals surface area (Å²) in [5, 5.41) is 6.55. The molecule has 0 bridgehead atoms. The lowest BCUT2D eigenvalue weighted by molar-refractivity contribution is -0.123. The van der Waals surface area contributed by atoms with Crippen molar-refractivity contribution in [3.05, 3.63) is 0 Å². The summed E-state index contributed by atoms with van der Waals surface area (Å²) in [7, 11) is 1.72. The van der Waals surface area contributed by atoms with Gasteiger partial charge in [-0.2, -0.15) is 0 Å². The van der Waals surface area contributed by atoms with Crippen molar-refractivity contribution in [3.63, 3.8) is 0 Å². The number of methoxy groups -OCH3 is 1. The van der Waals surface area contributed by atoms with Crippen molar-refractivity contribution in [2.45, 2.75) is 45.6 Å². The fraction of sp³-hybridized carbons (Fsp3) is 0.938. The second kappa shape index (κ2) is 11.0. The maximum atomic E-state index is 12.1. The second-order valence-corrected chi connectivity index (χ2v) is 6.02. The Kier molecular flexibility index (Phi) is 9.63. The third kappa shape index (κ3) is 7.79. The first-order valence-electron chi connectivity index (χ1n) is 8.40. The normalized spacial score (nSPS) is 19.9. The lowest BCUT2D eigenvalue weighted by atomic mass is 9.98. The van der Waals surface area contributed by atoms with Gasteiger partial charge in [-0.25, -0.2) is 0 Å². The molecule has 5 nitrogen and oxygen atoms in total. The molecule has 1 aliphatic rings. The van der Waals surface area contributed by atoms with Crippen LogP contribution in [0.1, 0.15) is 39.5 Å². The molecule has 1 heterocycles. The van der Waals surface area contributed by atoms with E-state index in [0.717, 1.165) is 45.6 Å². The van der Waals surface area contributed by atoms with Gasteiger partial charge in [0.2, 0.25) is 5.91 Å². The van der Waals surface area contributed by atoms with E-state index in [1.807, 2.05) is 0 Å². The van der Waals surface area contributed by atoms with Crippen molar-refractivity contribution in [1.82, 2.24) is 15.5 Å². The molecular weight excluding hydrogens is 266 g/mol. The van der Waals surface area contributed by atoms with Gasteiger partial charge in [0.1, 0.15) is 0 Å². The van der Waals surface area contributed by atoms with E-state index in [9.17, 15) is 4.79 Å². The number of piperidine rings is 1. The molecule has 5 heteroatoms. The molecule has 0 spiro atoms. The fourth-order valence-corrected chi connectivity index (χ4v) is 2.91. The van der Waals surface area contributed by atoms with Crippen LogP contribution in [0.4, 0.5) is 0 Å². The standard InChI is InChI=1S/C16H33N3O2/c1-4-15(5-2)18-16(20)13-19-9-6-7-14(12-19)11-17-8-10-21-3/h14-15,17H,4-13H2,1-3H3,(H,18,20). The molecule has 1 saturated heterocycles. The second-order valence-electron chi connectivity index (χ2n) is 6.02. The van der Waals surface area contributed by atoms with Gasteiger partial charge in [0.15, 0.2) is 0 Å². The van der Waals surface area contributed by atoms with Crippen molar-refractivity contribution in [3.8, 4) is 0 Å². The summed E-state index contributed by atoms with van der Waals surface area (Å²) in [5.74, 6) is 0.827. The summed E-state index contributed by atoms with van der Waals surface area (Å²) in [4.78, 5) is 14.4. The molecule has 21 heavy (non-hydrogen) atoms. The van der Waals surface area contributed by atoms with Gasteiger partial charge in [0.25, 0.3) is 0 Å². The fourth-order valence-electron chi connectivity index (χ4n) is 2.91. The molecule has 0 radical (unpaired) electrons. The predicted molar refractivity (Wildman–Crippen MR) is 86.4 cm³/mol. The van der Waals surface area contributed by atoms with Gasteiger partial charge < -0.3 is 15.4 Å². The minimum Gasteiger partial charge on any atom is -0.383 e. The number of ether oxygens (including phenoxy) is 1. The van der Waals surface area contributed by atoms with Crippen molar-refractivity contribution in [2.75, 3.05) is 46.4 Å². The van der Waals surface area contributed by atoms with Crippen LogP contribution in [0.5, 0.6) is 0 Å². The highest BCUT2D eigenvalue weighted by Gasteiger charge is 2.21. The minimum atomic E-state index is 0.177. The Morgan fingerprint density at radius 2 is 2.14 bits per heavy atom. The molecule has 1 rings (SSSR count). The van der Waals surface area contributed by atoms with E-state index in [1.165, 1.54) is 12.8 Å². The van der Waals surface area contributed by atoms with Crippen LogP contribution in [0.2, 0.25) is 0 Å². The Morgan fingerprint density at radius 3 is 2.81 bits per heavy atom. The molecule has 1 fully saturated rings. The van der Waals surface area contributed by atoms with E-state index in [1.54, 1.807) is 7.11 Å². The van der Waals surface area contributed by atoms with Crippen LogP contribution in [0.15, 0.2) is 0 Å². The Hall–Kier alpha value is -0.650. The Labute approximate surface area is 129 Å². The highest BCUT2D eigenvalue weighted by Crippen LogP contribution is 2.15. The van der Waals surface area contributed by atoms with E-state index in [0.29, 0.717) is 18.5 Å². The number of likely N-dealkylation sites (tertiary alicyclic amines) is 1. The molecule has 0 aromatic heterocycles. The Morgan fingerprint density at radius 1 is 1.38 bits per heavy atom. The van der Waals surface area contributed by atoms with Crippen LogP contribution >= 0.6 is 0 Å². The number of carbonyl (C=O) groups is 1. The van der Waals surface area contributed by atoms with Crippen molar-refractivity contribution in [1.29, 1.82) is 0 Å². The van der Waals surface area contributed by atoms with Crippen molar-refractivity contribution in [2.24, 2.45) is 5.92 Å². The maximum absolute atomic E-state index is 12.1. The number of nitrogens with one attached hydrogen (secondary N) is 2. The first-order chi connectivity index (χ1) is 10.2. The SMILES string of the molecule is CCC(CC)NC(=O)CN1CCCC(CNCCOC)C1. The number of hydrogen-bond donors (Lipinski definition) is 2. The average Bonchev–Trinajstić information content (AvgIpc) is 2.49. The summed E-state index contributed by atoms with van der Waals surface area (Å²) in [6.45, 7) is 9.55. The number of carbonyl (C=O) groups excluding carboxylic acids is 1. The minimum absolute atomic E-state index is 0.177. The summed E-state index contributed by atoms with van der Waals surface area (Å²) >= 11 is 0. The summed E-state index contributed by atoms with van der Waals surface area (Å²) in [6, 6.07) is 0.328. The van der Waals surface area contributed by atoms with Gasteiger partial charge in [-0.05, 0) is 44.7 Å². The van der Waals surface area contributed by atoms with Crippen LogP contribution in [0, 0.1) is 5.92 Å². The zero-order chi connectivity index (χ0) is 15.5. The molecule has 124 valence electrons. The zero-order valence-corrected chi connectivity index (χ0v) is 14.0. The lowest BCUT2D eigenvalue weighted by Crippen LogP contribution is -2.46. The first kappa shape index (κ1) is 18.4. The molecule has 1 unspecified atom stereocenters. The van der Waals surface area contributed by atoms with Crippen molar-refractivity contribution < 1.29 is 9.53 Å². The summed E-state index contributed by atoms with van der Waals surface area (Å²) < 4.78 is 5.04. The Bertz CT molecular complexity index is 283. The number of amides is 1. The highest BCUT2D eigenvalue weighted by atomic mass is 16.5. The molecule has 0 aromatic rings. The summed E-state index contributed by atoms with van der Waals surface area (Å²) in [5.41, 5.74) is 0. The van der Waals surface area contributed by atoms with E-state index in [2.05, 4.69) is 29.4 Å². The van der Waals surface area contributed by atoms with E-state index < -0.39 is 0 Å². The number of nitrogens with zero attached hydrogens (tertiary/aromatic N) is 1. The predicted octanol–water partition coefficient (Wildman–Crippen LogP) is 1.24. The zero-order valence-electron chi connectivity index (χ0n) is 14.0. The molecular formula is C16H33N3O2. The third-order valence-electron chi connectivity index (χ3n) is 4.24. The largest absolute Gasteiger partial charge is 0.383 e. The molecule has 0 saturated carbocycles. The van der Waals surface area contributed by atoms with Gasteiger partial charge in [-0.15, -0.1) is 0 Å². The average molecular weight is 299 g/mol. The van der Waals surface area contributed by atoms with Gasteiger partial charge in [0.05, 0.1) is 13.2 Å². The molecule has 0 aliphatic carbocycles. The topological polar surface area (TPSA) is 53.6 Å². The molecule has 0 aromatic carbocycles. The highest BCUT2D eigenvalue weighted by molar-refractivity contribution is 5.78. The smallest absolute Gasteiger partial charge is 0.234 e. The van der Waals surface area contributed by atoms with Gasteiger partial charge in [-0.3, -0.25) is 9.69 Å². The van der Waals surface area contributed by atoms with Crippen LogP contribution in [-0.2, 0) is 9.53 Å². The van der Waals surface area contributed by atoms with Crippen LogP contribution in [-0.4, -0.2) is 63.3 Å². The molecule has 1 amide bonds. The number of hydrogen-bond acceptors (Lipinski definition) is 4. The quantitative estimate of drug-likeness (QED) is 0.596. The monoisotopic (exact) mass is 299 g/mol. The van der Waals surface area contributed by atoms with Crippen molar-refractivity contribution >= 4 is 5.91 Å². The first-order valence-corrected chi connectivity index (χ1v) is 8.40. The van der Waals surface area contributed by atoms with E-state index in [-0.39, 0.29) is 5.91 Å². The van der Waals surface area contributed by atoms with Crippen LogP contribution in [0.3, 0.4) is 0 Å². The van der Waals surface area contributed by atoms with E-state index >= 15 is 0 Å². The van der Waals surface area contributed by atoms with E-state index in [4.69, 9.17) is 4.74 Å².